The Balaban J connectivity index is 1.91. The van der Waals surface area contributed by atoms with E-state index in [0.717, 1.165) is 34.3 Å². The van der Waals surface area contributed by atoms with Crippen molar-refractivity contribution < 1.29 is 4.79 Å². The number of nitrogens with one attached hydrogen (secondary N) is 1. The maximum absolute atomic E-state index is 12.5. The lowest BCUT2D eigenvalue weighted by molar-refractivity contribution is 0.102. The number of hydrogen-bond donors (Lipinski definition) is 1. The van der Waals surface area contributed by atoms with E-state index in [4.69, 9.17) is 0 Å². The lowest BCUT2D eigenvalue weighted by Crippen LogP contribution is -2.17. The zero-order valence-electron chi connectivity index (χ0n) is 12.3. The van der Waals surface area contributed by atoms with E-state index in [-0.39, 0.29) is 5.91 Å². The fourth-order valence-corrected chi connectivity index (χ4v) is 2.92. The number of hydrogen-bond acceptors (Lipinski definition) is 3. The number of aryl methyl sites for hydroxylation is 3. The van der Waals surface area contributed by atoms with Gasteiger partial charge in [-0.05, 0) is 66.7 Å². The van der Waals surface area contributed by atoms with E-state index in [1.54, 1.807) is 0 Å². The standard InChI is InChI=1S/C15H17BrN4O/c1-8-6-9(2)13(16)12(7-8)14(21)17-15-19-18-10(3)20(15)11-4-5-11/h6-7,11H,4-5H2,1-3H3,(H,17,19,21). The lowest BCUT2D eigenvalue weighted by Gasteiger charge is -2.11. The first-order valence-electron chi connectivity index (χ1n) is 6.97. The van der Waals surface area contributed by atoms with Crippen molar-refractivity contribution in [2.24, 2.45) is 0 Å². The van der Waals surface area contributed by atoms with E-state index >= 15 is 0 Å². The second-order valence-corrected chi connectivity index (χ2v) is 6.36. The molecule has 1 aromatic carbocycles. The molecule has 0 radical (unpaired) electrons. The van der Waals surface area contributed by atoms with Gasteiger partial charge in [-0.1, -0.05) is 6.07 Å². The van der Waals surface area contributed by atoms with Gasteiger partial charge >= 0.3 is 0 Å². The highest BCUT2D eigenvalue weighted by Gasteiger charge is 2.29. The van der Waals surface area contributed by atoms with Crippen LogP contribution < -0.4 is 5.32 Å². The maximum Gasteiger partial charge on any atom is 0.259 e. The SMILES string of the molecule is Cc1cc(C)c(Br)c(C(=O)Nc2nnc(C)n2C2CC2)c1. The molecule has 0 saturated heterocycles. The zero-order valence-corrected chi connectivity index (χ0v) is 13.9. The first kappa shape index (κ1) is 14.3. The Kier molecular flexibility index (Phi) is 3.57. The number of anilines is 1. The summed E-state index contributed by atoms with van der Waals surface area (Å²) in [6.07, 6.45) is 2.24. The molecule has 1 aliphatic rings. The Bertz CT molecular complexity index is 719. The average Bonchev–Trinajstić information content (AvgIpc) is 3.19. The van der Waals surface area contributed by atoms with Gasteiger partial charge in [-0.3, -0.25) is 14.7 Å². The normalized spacial score (nSPS) is 14.3. The van der Waals surface area contributed by atoms with Crippen LogP contribution in [-0.4, -0.2) is 20.7 Å². The van der Waals surface area contributed by atoms with Crippen LogP contribution >= 0.6 is 15.9 Å². The monoisotopic (exact) mass is 348 g/mol. The van der Waals surface area contributed by atoms with E-state index < -0.39 is 0 Å². The third-order valence-corrected chi connectivity index (χ3v) is 4.70. The molecule has 3 rings (SSSR count). The lowest BCUT2D eigenvalue weighted by atomic mass is 10.1. The predicted molar refractivity (Wildman–Crippen MR) is 84.6 cm³/mol. The Morgan fingerprint density at radius 2 is 2.00 bits per heavy atom. The highest BCUT2D eigenvalue weighted by molar-refractivity contribution is 9.10. The van der Waals surface area contributed by atoms with Gasteiger partial charge in [-0.25, -0.2) is 0 Å². The van der Waals surface area contributed by atoms with Gasteiger partial charge in [0.1, 0.15) is 5.82 Å². The largest absolute Gasteiger partial charge is 0.294 e. The van der Waals surface area contributed by atoms with Crippen LogP contribution in [-0.2, 0) is 0 Å². The molecule has 0 spiro atoms. The summed E-state index contributed by atoms with van der Waals surface area (Å²) in [6, 6.07) is 4.34. The summed E-state index contributed by atoms with van der Waals surface area (Å²) < 4.78 is 2.83. The minimum atomic E-state index is -0.164. The van der Waals surface area contributed by atoms with Crippen molar-refractivity contribution >= 4 is 27.8 Å². The molecule has 1 N–H and O–H groups in total. The van der Waals surface area contributed by atoms with Gasteiger partial charge in [0.25, 0.3) is 5.91 Å². The molecule has 0 atom stereocenters. The molecular weight excluding hydrogens is 332 g/mol. The number of benzene rings is 1. The topological polar surface area (TPSA) is 59.8 Å². The van der Waals surface area contributed by atoms with Crippen LogP contribution in [0.5, 0.6) is 0 Å². The summed E-state index contributed by atoms with van der Waals surface area (Å²) in [5.41, 5.74) is 2.72. The molecule has 1 heterocycles. The van der Waals surface area contributed by atoms with Gasteiger partial charge in [0.15, 0.2) is 0 Å². The van der Waals surface area contributed by atoms with E-state index in [2.05, 4.69) is 31.4 Å². The Morgan fingerprint density at radius 1 is 1.29 bits per heavy atom. The van der Waals surface area contributed by atoms with Gasteiger partial charge in [-0.15, -0.1) is 10.2 Å². The first-order valence-corrected chi connectivity index (χ1v) is 7.76. The van der Waals surface area contributed by atoms with E-state index in [1.165, 1.54) is 0 Å². The van der Waals surface area contributed by atoms with Crippen molar-refractivity contribution in [3.05, 3.63) is 39.1 Å². The van der Waals surface area contributed by atoms with Crippen molar-refractivity contribution in [2.45, 2.75) is 39.7 Å². The highest BCUT2D eigenvalue weighted by Crippen LogP contribution is 2.37. The Morgan fingerprint density at radius 3 is 2.67 bits per heavy atom. The molecule has 1 fully saturated rings. The van der Waals surface area contributed by atoms with E-state index in [1.807, 2.05) is 37.5 Å². The van der Waals surface area contributed by atoms with Crippen LogP contribution in [0.4, 0.5) is 5.95 Å². The molecule has 1 saturated carbocycles. The average molecular weight is 349 g/mol. The first-order chi connectivity index (χ1) is 9.97. The summed E-state index contributed by atoms with van der Waals surface area (Å²) >= 11 is 3.49. The molecule has 0 unspecified atom stereocenters. The third kappa shape index (κ3) is 2.72. The number of carbonyl (C=O) groups excluding carboxylic acids is 1. The number of aromatic nitrogens is 3. The number of amides is 1. The van der Waals surface area contributed by atoms with Crippen molar-refractivity contribution in [3.63, 3.8) is 0 Å². The fraction of sp³-hybridized carbons (Fsp3) is 0.400. The number of carbonyl (C=O) groups is 1. The van der Waals surface area contributed by atoms with E-state index in [0.29, 0.717) is 17.6 Å². The van der Waals surface area contributed by atoms with Gasteiger partial charge in [0.2, 0.25) is 5.95 Å². The van der Waals surface area contributed by atoms with Crippen molar-refractivity contribution in [3.8, 4) is 0 Å². The van der Waals surface area contributed by atoms with Crippen LogP contribution in [0, 0.1) is 20.8 Å². The zero-order chi connectivity index (χ0) is 15.1. The highest BCUT2D eigenvalue weighted by atomic mass is 79.9. The van der Waals surface area contributed by atoms with Crippen LogP contribution in [0.15, 0.2) is 16.6 Å². The summed E-state index contributed by atoms with van der Waals surface area (Å²) in [4.78, 5) is 12.5. The van der Waals surface area contributed by atoms with Crippen molar-refractivity contribution in [1.82, 2.24) is 14.8 Å². The molecule has 6 heteroatoms. The maximum atomic E-state index is 12.5. The van der Waals surface area contributed by atoms with Crippen LogP contribution in [0.1, 0.15) is 46.2 Å². The minimum Gasteiger partial charge on any atom is -0.294 e. The molecule has 0 aliphatic heterocycles. The fourth-order valence-electron chi connectivity index (χ4n) is 2.51. The molecule has 110 valence electrons. The molecule has 1 aromatic heterocycles. The third-order valence-electron chi connectivity index (χ3n) is 3.65. The second-order valence-electron chi connectivity index (χ2n) is 5.57. The Labute approximate surface area is 131 Å². The van der Waals surface area contributed by atoms with Crippen LogP contribution in [0.2, 0.25) is 0 Å². The van der Waals surface area contributed by atoms with E-state index in [9.17, 15) is 4.79 Å². The number of halogens is 1. The molecule has 21 heavy (non-hydrogen) atoms. The smallest absolute Gasteiger partial charge is 0.259 e. The predicted octanol–water partition coefficient (Wildman–Crippen LogP) is 3.55. The minimum absolute atomic E-state index is 0.164. The molecule has 5 nitrogen and oxygen atoms in total. The molecule has 1 aliphatic carbocycles. The van der Waals surface area contributed by atoms with Gasteiger partial charge in [0, 0.05) is 10.5 Å². The van der Waals surface area contributed by atoms with Crippen molar-refractivity contribution in [2.75, 3.05) is 5.32 Å². The van der Waals surface area contributed by atoms with Crippen LogP contribution in [0.3, 0.4) is 0 Å². The van der Waals surface area contributed by atoms with Gasteiger partial charge < -0.3 is 0 Å². The van der Waals surface area contributed by atoms with Gasteiger partial charge in [-0.2, -0.15) is 0 Å². The summed E-state index contributed by atoms with van der Waals surface area (Å²) in [7, 11) is 0. The molecule has 0 bridgehead atoms. The van der Waals surface area contributed by atoms with Crippen molar-refractivity contribution in [1.29, 1.82) is 0 Å². The summed E-state index contributed by atoms with van der Waals surface area (Å²) in [6.45, 7) is 5.87. The van der Waals surface area contributed by atoms with Gasteiger partial charge in [0.05, 0.1) is 5.56 Å². The molecular formula is C15H17BrN4O. The quantitative estimate of drug-likeness (QED) is 0.922. The molecule has 2 aromatic rings. The number of rotatable bonds is 3. The summed E-state index contributed by atoms with van der Waals surface area (Å²) in [5, 5.41) is 11.0. The Hall–Kier alpha value is -1.69. The summed E-state index contributed by atoms with van der Waals surface area (Å²) in [5.74, 6) is 1.21. The number of nitrogens with zero attached hydrogens (tertiary/aromatic N) is 3. The van der Waals surface area contributed by atoms with Crippen LogP contribution in [0.25, 0.3) is 0 Å². The molecule has 1 amide bonds. The second kappa shape index (κ2) is 5.26.